The van der Waals surface area contributed by atoms with E-state index in [9.17, 15) is 4.39 Å². The van der Waals surface area contributed by atoms with Crippen LogP contribution in [0.1, 0.15) is 16.8 Å². The zero-order valence-electron chi connectivity index (χ0n) is 16.0. The fourth-order valence-electron chi connectivity index (χ4n) is 3.92. The van der Waals surface area contributed by atoms with Crippen LogP contribution in [0.15, 0.2) is 24.5 Å². The molecule has 6 nitrogen and oxygen atoms in total. The standard InChI is InChI=1S/C20H26FN5O/c1-24-6-5-18-16(13-24)20(23-14-22-18)26-9-7-25(8-10-26)12-15-3-4-19(27-2)17(21)11-15/h3-4,11,14H,5-10,12-13H2,1-2H3. The van der Waals surface area contributed by atoms with Gasteiger partial charge in [0.2, 0.25) is 0 Å². The molecule has 1 aromatic heterocycles. The van der Waals surface area contributed by atoms with Crippen molar-refractivity contribution < 1.29 is 9.13 Å². The molecule has 1 saturated heterocycles. The highest BCUT2D eigenvalue weighted by Gasteiger charge is 2.25. The van der Waals surface area contributed by atoms with Crippen LogP contribution < -0.4 is 9.64 Å². The second-order valence-electron chi connectivity index (χ2n) is 7.34. The van der Waals surface area contributed by atoms with E-state index in [0.717, 1.165) is 63.6 Å². The van der Waals surface area contributed by atoms with Crippen molar-refractivity contribution in [3.05, 3.63) is 47.2 Å². The van der Waals surface area contributed by atoms with Gasteiger partial charge >= 0.3 is 0 Å². The van der Waals surface area contributed by atoms with Gasteiger partial charge < -0.3 is 14.5 Å². The number of nitrogens with zero attached hydrogens (tertiary/aromatic N) is 5. The van der Waals surface area contributed by atoms with E-state index in [1.54, 1.807) is 18.5 Å². The summed E-state index contributed by atoms with van der Waals surface area (Å²) in [5, 5.41) is 0. The van der Waals surface area contributed by atoms with Crippen molar-refractivity contribution in [1.29, 1.82) is 0 Å². The Bertz CT molecular complexity index is 807. The molecular weight excluding hydrogens is 345 g/mol. The molecule has 0 saturated carbocycles. The van der Waals surface area contributed by atoms with Gasteiger partial charge in [-0.05, 0) is 24.7 Å². The molecule has 2 aliphatic rings. The molecule has 0 N–H and O–H groups in total. The summed E-state index contributed by atoms with van der Waals surface area (Å²) in [4.78, 5) is 16.1. The zero-order chi connectivity index (χ0) is 18.8. The fourth-order valence-corrected chi connectivity index (χ4v) is 3.92. The van der Waals surface area contributed by atoms with Gasteiger partial charge in [0.15, 0.2) is 11.6 Å². The summed E-state index contributed by atoms with van der Waals surface area (Å²) < 4.78 is 18.9. The average Bonchev–Trinajstić information content (AvgIpc) is 2.68. The molecule has 0 aliphatic carbocycles. The Morgan fingerprint density at radius 1 is 1.11 bits per heavy atom. The first-order valence-corrected chi connectivity index (χ1v) is 9.45. The molecule has 7 heteroatoms. The molecule has 144 valence electrons. The molecule has 0 atom stereocenters. The summed E-state index contributed by atoms with van der Waals surface area (Å²) in [7, 11) is 3.63. The molecule has 2 aliphatic heterocycles. The van der Waals surface area contributed by atoms with Crippen LogP contribution in [0, 0.1) is 5.82 Å². The Balaban J connectivity index is 1.40. The summed E-state index contributed by atoms with van der Waals surface area (Å²) in [6.07, 6.45) is 2.69. The molecule has 0 unspecified atom stereocenters. The number of likely N-dealkylation sites (N-methyl/N-ethyl adjacent to an activating group) is 1. The van der Waals surface area contributed by atoms with Crippen molar-refractivity contribution in [3.8, 4) is 5.75 Å². The molecule has 27 heavy (non-hydrogen) atoms. The monoisotopic (exact) mass is 371 g/mol. The van der Waals surface area contributed by atoms with Crippen LogP contribution in [0.4, 0.5) is 10.2 Å². The average molecular weight is 371 g/mol. The maximum Gasteiger partial charge on any atom is 0.165 e. The largest absolute Gasteiger partial charge is 0.494 e. The number of piperazine rings is 1. The molecular formula is C20H26FN5O. The van der Waals surface area contributed by atoms with Crippen LogP contribution in [0.3, 0.4) is 0 Å². The lowest BCUT2D eigenvalue weighted by molar-refractivity contribution is 0.247. The van der Waals surface area contributed by atoms with Crippen LogP contribution in [0.5, 0.6) is 5.75 Å². The molecule has 4 rings (SSSR count). The van der Waals surface area contributed by atoms with Gasteiger partial charge in [-0.2, -0.15) is 0 Å². The Labute approximate surface area is 159 Å². The van der Waals surface area contributed by atoms with Crippen LogP contribution in [0.25, 0.3) is 0 Å². The Kier molecular flexibility index (Phi) is 5.22. The van der Waals surface area contributed by atoms with Crippen molar-refractivity contribution in [2.24, 2.45) is 0 Å². The van der Waals surface area contributed by atoms with Crippen molar-refractivity contribution in [3.63, 3.8) is 0 Å². The van der Waals surface area contributed by atoms with Crippen LogP contribution in [0.2, 0.25) is 0 Å². The van der Waals surface area contributed by atoms with Gasteiger partial charge in [0.25, 0.3) is 0 Å². The zero-order valence-corrected chi connectivity index (χ0v) is 16.0. The van der Waals surface area contributed by atoms with Crippen molar-refractivity contribution in [2.75, 3.05) is 51.8 Å². The first-order chi connectivity index (χ1) is 13.1. The SMILES string of the molecule is COc1ccc(CN2CCN(c3ncnc4c3CN(C)CC4)CC2)cc1F. The molecule has 0 radical (unpaired) electrons. The van der Waals surface area contributed by atoms with Gasteiger partial charge in [-0.1, -0.05) is 6.07 Å². The number of aromatic nitrogens is 2. The van der Waals surface area contributed by atoms with Crippen LogP contribution in [-0.2, 0) is 19.5 Å². The first-order valence-electron chi connectivity index (χ1n) is 9.45. The third-order valence-corrected chi connectivity index (χ3v) is 5.46. The van der Waals surface area contributed by atoms with E-state index in [-0.39, 0.29) is 5.82 Å². The quantitative estimate of drug-likeness (QED) is 0.818. The Morgan fingerprint density at radius 2 is 1.93 bits per heavy atom. The maximum absolute atomic E-state index is 13.9. The highest BCUT2D eigenvalue weighted by atomic mass is 19.1. The minimum absolute atomic E-state index is 0.294. The predicted octanol–water partition coefficient (Wildman–Crippen LogP) is 1.93. The molecule has 1 aromatic carbocycles. The van der Waals surface area contributed by atoms with Crippen LogP contribution >= 0.6 is 0 Å². The van der Waals surface area contributed by atoms with E-state index < -0.39 is 0 Å². The predicted molar refractivity (Wildman–Crippen MR) is 103 cm³/mol. The number of anilines is 1. The number of benzene rings is 1. The van der Waals surface area contributed by atoms with Crippen molar-refractivity contribution in [1.82, 2.24) is 19.8 Å². The van der Waals surface area contributed by atoms with E-state index in [2.05, 4.69) is 31.7 Å². The van der Waals surface area contributed by atoms with E-state index >= 15 is 0 Å². The second-order valence-corrected chi connectivity index (χ2v) is 7.34. The smallest absolute Gasteiger partial charge is 0.165 e. The van der Waals surface area contributed by atoms with Gasteiger partial charge in [0.05, 0.1) is 12.8 Å². The maximum atomic E-state index is 13.9. The first kappa shape index (κ1) is 18.1. The number of rotatable bonds is 4. The Hall–Kier alpha value is -2.25. The third kappa shape index (κ3) is 3.89. The van der Waals surface area contributed by atoms with Gasteiger partial charge in [0.1, 0.15) is 12.1 Å². The highest BCUT2D eigenvalue weighted by Crippen LogP contribution is 2.26. The molecule has 1 fully saturated rings. The molecule has 2 aromatic rings. The molecule has 0 amide bonds. The van der Waals surface area contributed by atoms with Gasteiger partial charge in [-0.15, -0.1) is 0 Å². The van der Waals surface area contributed by atoms with E-state index in [1.165, 1.54) is 18.4 Å². The topological polar surface area (TPSA) is 44.7 Å². The minimum atomic E-state index is -0.301. The van der Waals surface area contributed by atoms with Crippen molar-refractivity contribution in [2.45, 2.75) is 19.5 Å². The van der Waals surface area contributed by atoms with E-state index in [4.69, 9.17) is 4.74 Å². The van der Waals surface area contributed by atoms with Crippen LogP contribution in [-0.4, -0.2) is 66.6 Å². The highest BCUT2D eigenvalue weighted by molar-refractivity contribution is 5.50. The number of halogens is 1. The number of fused-ring (bicyclic) bond motifs is 1. The third-order valence-electron chi connectivity index (χ3n) is 5.46. The van der Waals surface area contributed by atoms with E-state index in [0.29, 0.717) is 5.75 Å². The molecule has 0 bridgehead atoms. The Morgan fingerprint density at radius 3 is 2.67 bits per heavy atom. The number of methoxy groups -OCH3 is 1. The number of ether oxygens (including phenoxy) is 1. The lowest BCUT2D eigenvalue weighted by Gasteiger charge is -2.37. The summed E-state index contributed by atoms with van der Waals surface area (Å²) >= 11 is 0. The molecule has 3 heterocycles. The lowest BCUT2D eigenvalue weighted by Crippen LogP contribution is -2.47. The van der Waals surface area contributed by atoms with Crippen molar-refractivity contribution >= 4 is 5.82 Å². The summed E-state index contributed by atoms with van der Waals surface area (Å²) in [5.74, 6) is 1.08. The fraction of sp³-hybridized carbons (Fsp3) is 0.500. The van der Waals surface area contributed by atoms with E-state index in [1.807, 2.05) is 6.07 Å². The van der Waals surface area contributed by atoms with Gasteiger partial charge in [-0.25, -0.2) is 14.4 Å². The molecule has 0 spiro atoms. The summed E-state index contributed by atoms with van der Waals surface area (Å²) in [6.45, 7) is 6.42. The van der Waals surface area contributed by atoms with Gasteiger partial charge in [0, 0.05) is 57.8 Å². The summed E-state index contributed by atoms with van der Waals surface area (Å²) in [6, 6.07) is 5.21. The number of hydrogen-bond donors (Lipinski definition) is 0. The number of hydrogen-bond acceptors (Lipinski definition) is 6. The second kappa shape index (κ2) is 7.78. The lowest BCUT2D eigenvalue weighted by atomic mass is 10.1. The minimum Gasteiger partial charge on any atom is -0.494 e. The van der Waals surface area contributed by atoms with Gasteiger partial charge in [-0.3, -0.25) is 4.90 Å². The normalized spacial score (nSPS) is 18.4. The summed E-state index contributed by atoms with van der Waals surface area (Å²) in [5.41, 5.74) is 3.44.